The molecule has 0 bridgehead atoms. The summed E-state index contributed by atoms with van der Waals surface area (Å²) in [4.78, 5) is 16.7. The molecule has 0 saturated carbocycles. The van der Waals surface area contributed by atoms with Gasteiger partial charge in [-0.3, -0.25) is 15.6 Å². The number of hydrogen-bond acceptors (Lipinski definition) is 5. The Morgan fingerprint density at radius 1 is 1.17 bits per heavy atom. The second-order valence-corrected chi connectivity index (χ2v) is 6.28. The number of benzene rings is 2. The number of hydrazine groups is 1. The molecule has 0 atom stereocenters. The van der Waals surface area contributed by atoms with Crippen LogP contribution in [0.1, 0.15) is 21.5 Å². The fraction of sp³-hybridized carbons (Fsp3) is 0.176. The topological polar surface area (TPSA) is 63.2 Å². The van der Waals surface area contributed by atoms with E-state index in [4.69, 9.17) is 4.74 Å². The number of fused-ring (bicyclic) bond motifs is 1. The van der Waals surface area contributed by atoms with Gasteiger partial charge in [0.2, 0.25) is 5.13 Å². The molecule has 0 spiro atoms. The molecule has 0 aliphatic heterocycles. The van der Waals surface area contributed by atoms with Crippen LogP contribution in [0, 0.1) is 13.8 Å². The molecule has 6 heteroatoms. The first-order valence-corrected chi connectivity index (χ1v) is 7.96. The van der Waals surface area contributed by atoms with Gasteiger partial charge in [-0.15, -0.1) is 0 Å². The average Bonchev–Trinajstić information content (AvgIpc) is 2.96. The van der Waals surface area contributed by atoms with Crippen molar-refractivity contribution in [1.29, 1.82) is 0 Å². The third-order valence-electron chi connectivity index (χ3n) is 3.52. The second-order valence-electron chi connectivity index (χ2n) is 5.25. The van der Waals surface area contributed by atoms with Crippen molar-refractivity contribution in [3.05, 3.63) is 53.1 Å². The molecule has 0 fully saturated rings. The highest BCUT2D eigenvalue weighted by Crippen LogP contribution is 2.28. The van der Waals surface area contributed by atoms with Gasteiger partial charge in [0.25, 0.3) is 5.91 Å². The summed E-state index contributed by atoms with van der Waals surface area (Å²) < 4.78 is 6.19. The fourth-order valence-corrected chi connectivity index (χ4v) is 3.09. The Morgan fingerprint density at radius 3 is 2.78 bits per heavy atom. The van der Waals surface area contributed by atoms with Crippen LogP contribution in [0.25, 0.3) is 10.2 Å². The van der Waals surface area contributed by atoms with Gasteiger partial charge in [-0.25, -0.2) is 4.98 Å². The predicted octanol–water partition coefficient (Wildman–Crippen LogP) is 3.68. The van der Waals surface area contributed by atoms with Crippen molar-refractivity contribution in [3.63, 3.8) is 0 Å². The highest BCUT2D eigenvalue weighted by atomic mass is 32.1. The third-order valence-corrected chi connectivity index (χ3v) is 4.45. The van der Waals surface area contributed by atoms with E-state index in [2.05, 4.69) is 15.8 Å². The molecule has 23 heavy (non-hydrogen) atoms. The number of methoxy groups -OCH3 is 1. The molecule has 0 aliphatic carbocycles. The maximum atomic E-state index is 12.3. The largest absolute Gasteiger partial charge is 0.497 e. The Labute approximate surface area is 138 Å². The van der Waals surface area contributed by atoms with E-state index < -0.39 is 0 Å². The Morgan fingerprint density at radius 2 is 2.00 bits per heavy atom. The van der Waals surface area contributed by atoms with E-state index in [9.17, 15) is 4.79 Å². The average molecular weight is 327 g/mol. The molecule has 5 nitrogen and oxygen atoms in total. The summed E-state index contributed by atoms with van der Waals surface area (Å²) in [5.74, 6) is 0.607. The summed E-state index contributed by atoms with van der Waals surface area (Å²) in [5.41, 5.74) is 9.08. The zero-order valence-corrected chi connectivity index (χ0v) is 14.0. The summed E-state index contributed by atoms with van der Waals surface area (Å²) >= 11 is 1.45. The summed E-state index contributed by atoms with van der Waals surface area (Å²) in [6.07, 6.45) is 0. The van der Waals surface area contributed by atoms with E-state index in [0.717, 1.165) is 27.1 Å². The van der Waals surface area contributed by atoms with Gasteiger partial charge in [0, 0.05) is 5.56 Å². The van der Waals surface area contributed by atoms with Crippen molar-refractivity contribution in [3.8, 4) is 5.75 Å². The second kappa shape index (κ2) is 6.26. The number of thiazole rings is 1. The number of anilines is 1. The van der Waals surface area contributed by atoms with Crippen molar-refractivity contribution in [2.24, 2.45) is 0 Å². The van der Waals surface area contributed by atoms with Crippen molar-refractivity contribution in [2.75, 3.05) is 12.5 Å². The monoisotopic (exact) mass is 327 g/mol. The Kier molecular flexibility index (Phi) is 4.16. The SMILES string of the molecule is COc1ccc2nc(NNC(=O)c3cc(C)ccc3C)sc2c1. The zero-order valence-electron chi connectivity index (χ0n) is 13.1. The predicted molar refractivity (Wildman–Crippen MR) is 93.2 cm³/mol. The molecule has 1 aromatic heterocycles. The zero-order chi connectivity index (χ0) is 16.4. The van der Waals surface area contributed by atoms with Crippen LogP contribution in [-0.2, 0) is 0 Å². The quantitative estimate of drug-likeness (QED) is 0.718. The van der Waals surface area contributed by atoms with Gasteiger partial charge in [0.05, 0.1) is 17.3 Å². The van der Waals surface area contributed by atoms with Crippen LogP contribution < -0.4 is 15.6 Å². The summed E-state index contributed by atoms with van der Waals surface area (Å²) in [5, 5.41) is 0.631. The number of carbonyl (C=O) groups is 1. The summed E-state index contributed by atoms with van der Waals surface area (Å²) in [6.45, 7) is 3.88. The fourth-order valence-electron chi connectivity index (χ4n) is 2.24. The molecule has 0 aliphatic rings. The van der Waals surface area contributed by atoms with E-state index >= 15 is 0 Å². The molecule has 118 valence electrons. The van der Waals surface area contributed by atoms with Gasteiger partial charge in [0.15, 0.2) is 0 Å². The Balaban J connectivity index is 1.75. The van der Waals surface area contributed by atoms with Crippen molar-refractivity contribution in [2.45, 2.75) is 13.8 Å². The summed E-state index contributed by atoms with van der Waals surface area (Å²) in [6, 6.07) is 11.5. The van der Waals surface area contributed by atoms with E-state index in [1.165, 1.54) is 11.3 Å². The first-order valence-electron chi connectivity index (χ1n) is 7.15. The van der Waals surface area contributed by atoms with Crippen molar-refractivity contribution < 1.29 is 9.53 Å². The lowest BCUT2D eigenvalue weighted by Gasteiger charge is -2.08. The minimum absolute atomic E-state index is 0.178. The molecule has 1 amide bonds. The molecule has 0 radical (unpaired) electrons. The normalized spacial score (nSPS) is 10.6. The van der Waals surface area contributed by atoms with E-state index in [0.29, 0.717) is 10.7 Å². The number of carbonyl (C=O) groups excluding carboxylic acids is 1. The molecule has 2 aromatic carbocycles. The first-order chi connectivity index (χ1) is 11.1. The molecule has 0 saturated heterocycles. The Bertz CT molecular complexity index is 873. The van der Waals surface area contributed by atoms with Gasteiger partial charge in [-0.2, -0.15) is 0 Å². The number of aryl methyl sites for hydroxylation is 2. The number of ether oxygens (including phenoxy) is 1. The van der Waals surface area contributed by atoms with Gasteiger partial charge in [0.1, 0.15) is 5.75 Å². The number of nitrogens with one attached hydrogen (secondary N) is 2. The van der Waals surface area contributed by atoms with Gasteiger partial charge < -0.3 is 4.74 Å². The van der Waals surface area contributed by atoms with Crippen LogP contribution in [0.5, 0.6) is 5.75 Å². The molecule has 0 unspecified atom stereocenters. The molecule has 2 N–H and O–H groups in total. The molecular formula is C17H17N3O2S. The third kappa shape index (κ3) is 3.27. The highest BCUT2D eigenvalue weighted by molar-refractivity contribution is 7.22. The van der Waals surface area contributed by atoms with E-state index in [1.807, 2.05) is 50.2 Å². The van der Waals surface area contributed by atoms with E-state index in [1.54, 1.807) is 7.11 Å². The summed E-state index contributed by atoms with van der Waals surface area (Å²) in [7, 11) is 1.63. The minimum Gasteiger partial charge on any atom is -0.497 e. The smallest absolute Gasteiger partial charge is 0.269 e. The van der Waals surface area contributed by atoms with Crippen molar-refractivity contribution in [1.82, 2.24) is 10.4 Å². The highest BCUT2D eigenvalue weighted by Gasteiger charge is 2.10. The number of amides is 1. The number of rotatable bonds is 4. The van der Waals surface area contributed by atoms with E-state index in [-0.39, 0.29) is 5.91 Å². The maximum absolute atomic E-state index is 12.3. The van der Waals surface area contributed by atoms with Crippen LogP contribution in [0.2, 0.25) is 0 Å². The molecule has 3 rings (SSSR count). The van der Waals surface area contributed by atoms with Crippen LogP contribution in [-0.4, -0.2) is 18.0 Å². The first kappa shape index (κ1) is 15.3. The molecule has 1 heterocycles. The lowest BCUT2D eigenvalue weighted by atomic mass is 10.1. The van der Waals surface area contributed by atoms with Gasteiger partial charge >= 0.3 is 0 Å². The lowest BCUT2D eigenvalue weighted by molar-refractivity contribution is 0.0962. The number of nitrogens with zero attached hydrogens (tertiary/aromatic N) is 1. The van der Waals surface area contributed by atoms with Crippen LogP contribution in [0.3, 0.4) is 0 Å². The Hall–Kier alpha value is -2.60. The lowest BCUT2D eigenvalue weighted by Crippen LogP contribution is -2.29. The number of aromatic nitrogens is 1. The van der Waals surface area contributed by atoms with Gasteiger partial charge in [-0.1, -0.05) is 29.0 Å². The van der Waals surface area contributed by atoms with Crippen LogP contribution in [0.4, 0.5) is 5.13 Å². The maximum Gasteiger partial charge on any atom is 0.269 e. The number of hydrogen-bond donors (Lipinski definition) is 2. The van der Waals surface area contributed by atoms with Gasteiger partial charge in [-0.05, 0) is 43.7 Å². The van der Waals surface area contributed by atoms with Crippen molar-refractivity contribution >= 4 is 32.6 Å². The minimum atomic E-state index is -0.178. The van der Waals surface area contributed by atoms with Crippen LogP contribution >= 0.6 is 11.3 Å². The molecule has 3 aromatic rings. The standard InChI is InChI=1S/C17H17N3O2S/c1-10-4-5-11(2)13(8-10)16(21)19-20-17-18-14-7-6-12(22-3)9-15(14)23-17/h4-9H,1-3H3,(H,18,20)(H,19,21). The van der Waals surface area contributed by atoms with Crippen LogP contribution in [0.15, 0.2) is 36.4 Å². The molecular weight excluding hydrogens is 310 g/mol.